The molecule has 1 aromatic carbocycles. The van der Waals surface area contributed by atoms with Gasteiger partial charge in [-0.1, -0.05) is 44.2 Å². The summed E-state index contributed by atoms with van der Waals surface area (Å²) >= 11 is 0. The fourth-order valence-electron chi connectivity index (χ4n) is 9.10. The minimum Gasteiger partial charge on any atom is -0.480 e. The van der Waals surface area contributed by atoms with E-state index in [9.17, 15) is 92.0 Å². The van der Waals surface area contributed by atoms with E-state index in [1.807, 2.05) is 19.2 Å². The van der Waals surface area contributed by atoms with E-state index in [0.29, 0.717) is 12.0 Å². The lowest BCUT2D eigenvalue weighted by Gasteiger charge is -2.31. The van der Waals surface area contributed by atoms with Crippen molar-refractivity contribution < 1.29 is 92.0 Å². The molecule has 1 aliphatic rings. The number of aliphatic hydroxyl groups excluding tert-OH is 2. The first-order valence-electron chi connectivity index (χ1n) is 29.5. The van der Waals surface area contributed by atoms with Gasteiger partial charge < -0.3 is 114 Å². The molecule has 516 valence electrons. The number of hydrogen-bond donors (Lipinski definition) is 20. The topological polar surface area (TPSA) is 652 Å². The number of rotatable bonds is 43. The maximum absolute atomic E-state index is 14.6. The molecule has 1 heterocycles. The molecule has 0 spiro atoms. The Balaban J connectivity index is 2.38. The third-order valence-corrected chi connectivity index (χ3v) is 13.8. The molecular formula is C55H87N19O19. The number of guanidine groups is 1. The molecule has 38 heteroatoms. The lowest BCUT2D eigenvalue weighted by Crippen LogP contribution is -2.61. The van der Waals surface area contributed by atoms with Gasteiger partial charge >= 0.3 is 5.97 Å². The van der Waals surface area contributed by atoms with Crippen LogP contribution in [0.2, 0.25) is 0 Å². The van der Waals surface area contributed by atoms with E-state index in [-0.39, 0.29) is 63.5 Å². The quantitative estimate of drug-likeness (QED) is 0.0164. The molecule has 38 nitrogen and oxygen atoms in total. The molecular weight excluding hydrogens is 1230 g/mol. The maximum Gasteiger partial charge on any atom is 0.326 e. The lowest BCUT2D eigenvalue weighted by atomic mass is 10.0. The Morgan fingerprint density at radius 1 is 0.538 bits per heavy atom. The van der Waals surface area contributed by atoms with E-state index in [0.717, 1.165) is 4.90 Å². The Labute approximate surface area is 533 Å². The molecule has 1 aromatic rings. The number of carbonyl (C=O) groups is 16. The number of nitrogens with two attached hydrogens (primary N) is 7. The third-order valence-electron chi connectivity index (χ3n) is 13.8. The second-order valence-electron chi connectivity index (χ2n) is 22.0. The average molecular weight is 1320 g/mol. The normalized spacial score (nSPS) is 15.4. The minimum absolute atomic E-state index is 0.0281. The number of aliphatic hydroxyl groups is 2. The van der Waals surface area contributed by atoms with E-state index >= 15 is 0 Å². The predicted molar refractivity (Wildman–Crippen MR) is 325 cm³/mol. The second kappa shape index (κ2) is 40.6. The molecule has 93 heavy (non-hydrogen) atoms. The molecule has 0 aromatic heterocycles. The molecule has 0 unspecified atom stereocenters. The molecule has 10 atom stereocenters. The summed E-state index contributed by atoms with van der Waals surface area (Å²) in [7, 11) is 0. The van der Waals surface area contributed by atoms with Gasteiger partial charge in [0.05, 0.1) is 38.8 Å². The van der Waals surface area contributed by atoms with E-state index in [1.165, 1.54) is 0 Å². The summed E-state index contributed by atoms with van der Waals surface area (Å²) in [6, 6.07) is -7.85. The Kier molecular flexibility index (Phi) is 34.5. The summed E-state index contributed by atoms with van der Waals surface area (Å²) in [6.45, 7) is -0.172. The van der Waals surface area contributed by atoms with E-state index < -0.39 is 220 Å². The van der Waals surface area contributed by atoms with Gasteiger partial charge in [0, 0.05) is 38.8 Å². The van der Waals surface area contributed by atoms with Crippen LogP contribution in [0.25, 0.3) is 0 Å². The van der Waals surface area contributed by atoms with Crippen LogP contribution in [0.3, 0.4) is 0 Å². The molecule has 2 rings (SSSR count). The van der Waals surface area contributed by atoms with Crippen LogP contribution in [0.1, 0.15) is 96.5 Å². The number of amides is 15. The van der Waals surface area contributed by atoms with Crippen molar-refractivity contribution in [2.45, 2.75) is 158 Å². The van der Waals surface area contributed by atoms with Crippen LogP contribution in [0.15, 0.2) is 35.3 Å². The van der Waals surface area contributed by atoms with Gasteiger partial charge in [0.25, 0.3) is 0 Å². The molecule has 0 saturated carbocycles. The summed E-state index contributed by atoms with van der Waals surface area (Å²) in [6.07, 6.45) is -3.81. The van der Waals surface area contributed by atoms with Gasteiger partial charge in [-0.05, 0) is 62.8 Å². The number of carboxylic acids is 1. The average Bonchev–Trinajstić information content (AvgIpc) is 1.78. The molecule has 27 N–H and O–H groups in total. The van der Waals surface area contributed by atoms with Gasteiger partial charge in [-0.3, -0.25) is 76.9 Å². The van der Waals surface area contributed by atoms with Gasteiger partial charge in [0.1, 0.15) is 54.4 Å². The van der Waals surface area contributed by atoms with Gasteiger partial charge in [0.2, 0.25) is 88.6 Å². The number of carbonyl (C=O) groups excluding carboxylic acids is 15. The van der Waals surface area contributed by atoms with Crippen molar-refractivity contribution in [3.05, 3.63) is 35.9 Å². The van der Waals surface area contributed by atoms with Crippen molar-refractivity contribution in [2.24, 2.45) is 51.0 Å². The summed E-state index contributed by atoms with van der Waals surface area (Å²) in [5, 5.41) is 53.2. The second-order valence-corrected chi connectivity index (χ2v) is 22.0. The monoisotopic (exact) mass is 1320 g/mol. The number of likely N-dealkylation sites (tertiary alicyclic amines) is 1. The number of primary amides is 4. The maximum atomic E-state index is 14.6. The van der Waals surface area contributed by atoms with Crippen molar-refractivity contribution in [3.63, 3.8) is 0 Å². The number of nitrogens with zero attached hydrogens (tertiary/aromatic N) is 2. The first-order valence-corrected chi connectivity index (χ1v) is 29.5. The fraction of sp³-hybridized carbons (Fsp3) is 0.582. The van der Waals surface area contributed by atoms with Crippen LogP contribution in [0.4, 0.5) is 0 Å². The zero-order valence-corrected chi connectivity index (χ0v) is 51.5. The van der Waals surface area contributed by atoms with Crippen molar-refractivity contribution in [2.75, 3.05) is 39.4 Å². The molecule has 0 aliphatic carbocycles. The van der Waals surface area contributed by atoms with Crippen molar-refractivity contribution >= 4 is 101 Å². The van der Waals surface area contributed by atoms with Crippen molar-refractivity contribution in [1.29, 1.82) is 0 Å². The van der Waals surface area contributed by atoms with Crippen LogP contribution < -0.4 is 93.3 Å². The van der Waals surface area contributed by atoms with Gasteiger partial charge in [-0.2, -0.15) is 0 Å². The molecule has 15 amide bonds. The summed E-state index contributed by atoms with van der Waals surface area (Å²) in [4.78, 5) is 213. The Morgan fingerprint density at radius 3 is 1.45 bits per heavy atom. The molecule has 0 radical (unpaired) electrons. The highest BCUT2D eigenvalue weighted by Gasteiger charge is 2.41. The SMILES string of the molecule is CC(C)C[C@H](N)C(=O)NCC(=O)N[C@@H](CCC(N)=O)C(=O)NCC(=O)N[C@@H](CO)C(=O)N[C@@H](Cc1ccccc1)C(=O)N[C@@H](CCCN=C(N)N)C(=O)N1CCC[C@H]1C(=O)N[C@@H](CO)C(=O)N[C@@H](CCC(N)=O)C(=O)N[C@@H](CCC(N)=O)C(=O)N[C@@H](CC(N)=O)C(=O)O. The minimum atomic E-state index is -1.89. The van der Waals surface area contributed by atoms with Crippen LogP contribution in [0.5, 0.6) is 0 Å². The number of hydrogen-bond acceptors (Lipinski definition) is 20. The smallest absolute Gasteiger partial charge is 0.326 e. The van der Waals surface area contributed by atoms with E-state index in [1.54, 1.807) is 30.3 Å². The first kappa shape index (κ1) is 79.0. The summed E-state index contributed by atoms with van der Waals surface area (Å²) in [5.74, 6) is -17.1. The number of aliphatic carboxylic acids is 1. The lowest BCUT2D eigenvalue weighted by molar-refractivity contribution is -0.144. The Hall–Kier alpha value is -10.1. The Morgan fingerprint density at radius 2 is 0.978 bits per heavy atom. The summed E-state index contributed by atoms with van der Waals surface area (Å²) in [5.41, 5.74) is 38.2. The summed E-state index contributed by atoms with van der Waals surface area (Å²) < 4.78 is 0. The number of nitrogens with one attached hydrogen (secondary N) is 10. The zero-order valence-electron chi connectivity index (χ0n) is 51.5. The van der Waals surface area contributed by atoms with E-state index in [4.69, 9.17) is 40.1 Å². The highest BCUT2D eigenvalue weighted by molar-refractivity contribution is 5.99. The standard InChI is InChI=1S/C55H87N19O19/c1-27(2)20-29(56)45(83)64-23-43(81)66-30(12-15-39(57)77)46(84)65-24-44(82)67-36(25-75)50(88)71-34(21-28-8-4-3-5-9-28)49(87)70-33(10-6-18-63-55(61)62)53(91)74-19-7-11-38(74)52(90)73-37(26-76)51(89)69-31(13-16-40(58)78)47(85)68-32(14-17-41(59)79)48(86)72-35(54(92)93)22-42(60)80/h3-5,8-9,27,29-38,75-76H,6-7,10-26,56H2,1-2H3,(H2,57,77)(H2,58,78)(H2,59,79)(H2,60,80)(H,64,83)(H,65,84)(H,66,81)(H,67,82)(H,68,85)(H,69,89)(H,70,87)(H,71,88)(H,72,86)(H,73,90)(H,92,93)(H4,61,62,63)/t29-,30-,31-,32-,33-,34-,35-,36-,37-,38-/m0/s1. The number of carboxylic acid groups (broad SMARTS) is 1. The van der Waals surface area contributed by atoms with Crippen LogP contribution in [-0.2, 0) is 83.1 Å². The van der Waals surface area contributed by atoms with Crippen LogP contribution in [-0.4, -0.2) is 221 Å². The van der Waals surface area contributed by atoms with Crippen LogP contribution >= 0.6 is 0 Å². The zero-order chi connectivity index (χ0) is 70.1. The van der Waals surface area contributed by atoms with Crippen molar-refractivity contribution in [3.8, 4) is 0 Å². The number of aliphatic imine (C=N–C) groups is 1. The largest absolute Gasteiger partial charge is 0.480 e. The molecule has 1 aliphatic heterocycles. The van der Waals surface area contributed by atoms with E-state index in [2.05, 4.69) is 52.8 Å². The molecule has 1 fully saturated rings. The van der Waals surface area contributed by atoms with Crippen LogP contribution in [0, 0.1) is 5.92 Å². The van der Waals surface area contributed by atoms with Crippen molar-refractivity contribution in [1.82, 2.24) is 58.1 Å². The Bertz CT molecular complexity index is 2860. The van der Waals surface area contributed by atoms with Gasteiger partial charge in [0.15, 0.2) is 5.96 Å². The van der Waals surface area contributed by atoms with Gasteiger partial charge in [-0.25, -0.2) is 4.79 Å². The predicted octanol–water partition coefficient (Wildman–Crippen LogP) is -10.5. The van der Waals surface area contributed by atoms with Gasteiger partial charge in [-0.15, -0.1) is 0 Å². The third kappa shape index (κ3) is 30.0. The highest BCUT2D eigenvalue weighted by Crippen LogP contribution is 2.21. The molecule has 1 saturated heterocycles. The highest BCUT2D eigenvalue weighted by atomic mass is 16.4. The first-order chi connectivity index (χ1) is 43.8. The number of benzene rings is 1. The molecule has 0 bridgehead atoms. The fourth-order valence-corrected chi connectivity index (χ4v) is 9.10.